The third-order valence-electron chi connectivity index (χ3n) is 2.68. The summed E-state index contributed by atoms with van der Waals surface area (Å²) in [6.45, 7) is 7.90. The number of ether oxygens (including phenoxy) is 1. The van der Waals surface area contributed by atoms with Crippen molar-refractivity contribution in [1.29, 1.82) is 0 Å². The Bertz CT molecular complexity index is 292. The predicted octanol–water partition coefficient (Wildman–Crippen LogP) is 4.01. The number of rotatable bonds is 2. The van der Waals surface area contributed by atoms with Gasteiger partial charge in [0.2, 0.25) is 0 Å². The van der Waals surface area contributed by atoms with Gasteiger partial charge in [0.05, 0.1) is 0 Å². The van der Waals surface area contributed by atoms with Crippen molar-refractivity contribution in [3.63, 3.8) is 0 Å². The first-order chi connectivity index (χ1) is 6.50. The van der Waals surface area contributed by atoms with Gasteiger partial charge in [-0.2, -0.15) is 0 Å². The van der Waals surface area contributed by atoms with Crippen LogP contribution in [0.1, 0.15) is 33.1 Å². The Kier molecular flexibility index (Phi) is 3.76. The van der Waals surface area contributed by atoms with Gasteiger partial charge in [0.1, 0.15) is 5.76 Å². The smallest absolute Gasteiger partial charge is 0.408 e. The van der Waals surface area contributed by atoms with Gasteiger partial charge in [0.25, 0.3) is 0 Å². The highest BCUT2D eigenvalue weighted by molar-refractivity contribution is 6.61. The van der Waals surface area contributed by atoms with Crippen LogP contribution in [-0.2, 0) is 4.74 Å². The third kappa shape index (κ3) is 2.88. The summed E-state index contributed by atoms with van der Waals surface area (Å²) in [6, 6.07) is 0. The first kappa shape index (κ1) is 11.3. The molecule has 1 atom stereocenters. The van der Waals surface area contributed by atoms with Crippen LogP contribution < -0.4 is 0 Å². The Labute approximate surface area is 89.6 Å². The highest BCUT2D eigenvalue weighted by Gasteiger charge is 2.21. The maximum Gasteiger partial charge on any atom is 0.408 e. The van der Waals surface area contributed by atoms with Gasteiger partial charge < -0.3 is 4.74 Å². The molecule has 0 N–H and O–H groups in total. The monoisotopic (exact) mass is 214 g/mol. The lowest BCUT2D eigenvalue weighted by molar-refractivity contribution is 0.193. The van der Waals surface area contributed by atoms with Gasteiger partial charge in [-0.15, -0.1) is 0 Å². The molecule has 0 amide bonds. The summed E-state index contributed by atoms with van der Waals surface area (Å²) in [5.74, 6) is 1.15. The molecule has 0 aromatic carbocycles. The van der Waals surface area contributed by atoms with Crippen molar-refractivity contribution in [1.82, 2.24) is 0 Å². The maximum absolute atomic E-state index is 10.6. The Morgan fingerprint density at radius 2 is 2.29 bits per heavy atom. The van der Waals surface area contributed by atoms with Crippen molar-refractivity contribution < 1.29 is 9.53 Å². The van der Waals surface area contributed by atoms with Crippen LogP contribution in [0.15, 0.2) is 23.5 Å². The van der Waals surface area contributed by atoms with E-state index in [1.54, 1.807) is 0 Å². The third-order valence-corrected chi connectivity index (χ3v) is 2.75. The fraction of sp³-hybridized carbons (Fsp3) is 0.545. The van der Waals surface area contributed by atoms with Crippen LogP contribution >= 0.6 is 11.6 Å². The van der Waals surface area contributed by atoms with E-state index in [4.69, 9.17) is 16.3 Å². The summed E-state index contributed by atoms with van der Waals surface area (Å²) in [5, 5.41) is 0. The van der Waals surface area contributed by atoms with Crippen molar-refractivity contribution in [2.45, 2.75) is 33.1 Å². The van der Waals surface area contributed by atoms with Gasteiger partial charge in [-0.1, -0.05) is 12.2 Å². The van der Waals surface area contributed by atoms with E-state index >= 15 is 0 Å². The Balaban J connectivity index is 2.71. The van der Waals surface area contributed by atoms with Crippen LogP contribution in [0, 0.1) is 5.92 Å². The van der Waals surface area contributed by atoms with Crippen LogP contribution in [0.5, 0.6) is 0 Å². The zero-order valence-electron chi connectivity index (χ0n) is 8.60. The molecule has 0 bridgehead atoms. The fourth-order valence-electron chi connectivity index (χ4n) is 1.68. The molecule has 0 aromatic heterocycles. The van der Waals surface area contributed by atoms with Gasteiger partial charge >= 0.3 is 5.43 Å². The average molecular weight is 215 g/mol. The molecule has 0 aromatic rings. The molecule has 0 heterocycles. The topological polar surface area (TPSA) is 26.3 Å². The van der Waals surface area contributed by atoms with E-state index in [1.165, 1.54) is 0 Å². The number of carbonyl (C=O) groups is 1. The zero-order valence-corrected chi connectivity index (χ0v) is 9.36. The maximum atomic E-state index is 10.6. The molecule has 1 rings (SSSR count). The van der Waals surface area contributed by atoms with Gasteiger partial charge in [-0.25, -0.2) is 4.79 Å². The Morgan fingerprint density at radius 1 is 1.64 bits per heavy atom. The standard InChI is InChI=1S/C11H15ClO2/c1-7(2)9-5-4-8(3)10(6-9)14-11(12)13/h9H,1,4-6H2,2-3H3/t9-/m1/s1. The molecule has 1 aliphatic carbocycles. The molecule has 1 aliphatic rings. The Hall–Kier alpha value is -0.760. The van der Waals surface area contributed by atoms with Crippen LogP contribution in [0.25, 0.3) is 0 Å². The largest absolute Gasteiger partial charge is 0.419 e. The van der Waals surface area contributed by atoms with Crippen LogP contribution in [0.3, 0.4) is 0 Å². The number of allylic oxidation sites excluding steroid dienone is 3. The van der Waals surface area contributed by atoms with Crippen molar-refractivity contribution in [3.8, 4) is 0 Å². The molecule has 0 saturated carbocycles. The van der Waals surface area contributed by atoms with Crippen LogP contribution in [-0.4, -0.2) is 5.43 Å². The van der Waals surface area contributed by atoms with E-state index < -0.39 is 5.43 Å². The highest BCUT2D eigenvalue weighted by atomic mass is 35.5. The van der Waals surface area contributed by atoms with Crippen molar-refractivity contribution in [2.75, 3.05) is 0 Å². The lowest BCUT2D eigenvalue weighted by atomic mass is 9.85. The second-order valence-electron chi connectivity index (χ2n) is 3.83. The summed E-state index contributed by atoms with van der Waals surface area (Å²) in [6.07, 6.45) is 2.79. The first-order valence-electron chi connectivity index (χ1n) is 4.72. The lowest BCUT2D eigenvalue weighted by Crippen LogP contribution is -2.13. The van der Waals surface area contributed by atoms with Crippen molar-refractivity contribution >= 4 is 17.0 Å². The van der Waals surface area contributed by atoms with Crippen LogP contribution in [0.4, 0.5) is 4.79 Å². The summed E-state index contributed by atoms with van der Waals surface area (Å²) in [7, 11) is 0. The molecule has 0 radical (unpaired) electrons. The number of halogens is 1. The zero-order chi connectivity index (χ0) is 10.7. The molecule has 0 aliphatic heterocycles. The number of hydrogen-bond donors (Lipinski definition) is 0. The number of hydrogen-bond acceptors (Lipinski definition) is 2. The van der Waals surface area contributed by atoms with E-state index in [0.717, 1.165) is 36.2 Å². The number of carbonyl (C=O) groups excluding carboxylic acids is 1. The minimum Gasteiger partial charge on any atom is -0.419 e. The van der Waals surface area contributed by atoms with Gasteiger partial charge in [0, 0.05) is 18.0 Å². The predicted molar refractivity (Wildman–Crippen MR) is 57.2 cm³/mol. The van der Waals surface area contributed by atoms with E-state index in [0.29, 0.717) is 5.92 Å². The van der Waals surface area contributed by atoms with Gasteiger partial charge in [-0.05, 0) is 38.2 Å². The van der Waals surface area contributed by atoms with E-state index in [1.807, 2.05) is 13.8 Å². The molecule has 3 heteroatoms. The van der Waals surface area contributed by atoms with E-state index in [-0.39, 0.29) is 0 Å². The molecular weight excluding hydrogens is 200 g/mol. The summed E-state index contributed by atoms with van der Waals surface area (Å²) < 4.78 is 4.95. The van der Waals surface area contributed by atoms with Crippen LogP contribution in [0.2, 0.25) is 0 Å². The Morgan fingerprint density at radius 3 is 2.79 bits per heavy atom. The summed E-state index contributed by atoms with van der Waals surface area (Å²) >= 11 is 5.19. The molecule has 0 spiro atoms. The molecule has 0 unspecified atom stereocenters. The SMILES string of the molecule is C=C(C)[C@@H]1CCC(C)=C(OC(=O)Cl)C1. The van der Waals surface area contributed by atoms with Gasteiger partial charge in [0.15, 0.2) is 0 Å². The quantitative estimate of drug-likeness (QED) is 0.513. The lowest BCUT2D eigenvalue weighted by Gasteiger charge is -2.24. The molecule has 0 fully saturated rings. The second kappa shape index (κ2) is 4.65. The van der Waals surface area contributed by atoms with E-state index in [9.17, 15) is 4.79 Å². The minimum absolute atomic E-state index is 0.421. The molecule has 78 valence electrons. The molecule has 14 heavy (non-hydrogen) atoms. The highest BCUT2D eigenvalue weighted by Crippen LogP contribution is 2.33. The molecule has 0 saturated heterocycles. The minimum atomic E-state index is -0.748. The normalized spacial score (nSPS) is 22.1. The summed E-state index contributed by atoms with van der Waals surface area (Å²) in [5.41, 5.74) is 1.51. The van der Waals surface area contributed by atoms with Gasteiger partial charge in [-0.3, -0.25) is 0 Å². The van der Waals surface area contributed by atoms with E-state index in [2.05, 4.69) is 6.58 Å². The van der Waals surface area contributed by atoms with Crippen molar-refractivity contribution in [2.24, 2.45) is 5.92 Å². The fourth-order valence-corrected chi connectivity index (χ4v) is 1.77. The first-order valence-corrected chi connectivity index (χ1v) is 5.10. The summed E-state index contributed by atoms with van der Waals surface area (Å²) in [4.78, 5) is 10.6. The second-order valence-corrected chi connectivity index (χ2v) is 4.14. The molecular formula is C11H15ClO2. The average Bonchev–Trinajstić information content (AvgIpc) is 2.07. The molecule has 2 nitrogen and oxygen atoms in total. The van der Waals surface area contributed by atoms with Crippen molar-refractivity contribution in [3.05, 3.63) is 23.5 Å².